The maximum absolute atomic E-state index is 10.0. The van der Waals surface area contributed by atoms with Crippen LogP contribution in [0.5, 0.6) is 5.75 Å². The highest BCUT2D eigenvalue weighted by Gasteiger charge is 2.21. The second-order valence-corrected chi connectivity index (χ2v) is 12.3. The van der Waals surface area contributed by atoms with Gasteiger partial charge in [-0.2, -0.15) is 5.26 Å². The molecule has 6 rings (SSSR count). The number of hydrogen-bond acceptors (Lipinski definition) is 9. The van der Waals surface area contributed by atoms with Crippen LogP contribution in [0.3, 0.4) is 0 Å². The highest BCUT2D eigenvalue weighted by molar-refractivity contribution is 7.99. The second-order valence-electron chi connectivity index (χ2n) is 10.9. The lowest BCUT2D eigenvalue weighted by Crippen LogP contribution is -2.45. The molecule has 42 heavy (non-hydrogen) atoms. The summed E-state index contributed by atoms with van der Waals surface area (Å²) in [5.74, 6) is 0.832. The monoisotopic (exact) mass is 602 g/mol. The van der Waals surface area contributed by atoms with E-state index >= 15 is 0 Å². The summed E-state index contributed by atoms with van der Waals surface area (Å²) in [5.41, 5.74) is 3.83. The maximum Gasteiger partial charge on any atom is 0.172 e. The molecule has 218 valence electrons. The second kappa shape index (κ2) is 12.8. The molecule has 11 heteroatoms. The molecular weight excluding hydrogens is 568 g/mol. The van der Waals surface area contributed by atoms with Crippen molar-refractivity contribution < 1.29 is 4.74 Å². The zero-order chi connectivity index (χ0) is 29.1. The number of ether oxygens (including phenoxy) is 1. The van der Waals surface area contributed by atoms with E-state index in [0.717, 1.165) is 83.9 Å². The number of halogens is 1. The minimum Gasteiger partial charge on any atom is -0.490 e. The Morgan fingerprint density at radius 2 is 1.86 bits per heavy atom. The average molecular weight is 603 g/mol. The molecule has 2 saturated heterocycles. The van der Waals surface area contributed by atoms with Crippen LogP contribution in [0.2, 0.25) is 5.02 Å². The summed E-state index contributed by atoms with van der Waals surface area (Å²) in [4.78, 5) is 17.2. The molecule has 0 amide bonds. The number of fused-ring (bicyclic) bond motifs is 1. The Kier molecular flexibility index (Phi) is 8.72. The van der Waals surface area contributed by atoms with E-state index in [1.165, 1.54) is 24.6 Å². The van der Waals surface area contributed by atoms with Crippen LogP contribution in [0.4, 0.5) is 17.1 Å². The number of anilines is 3. The predicted octanol–water partition coefficient (Wildman–Crippen LogP) is 5.61. The summed E-state index contributed by atoms with van der Waals surface area (Å²) in [6.07, 6.45) is 7.65. The third kappa shape index (κ3) is 6.30. The topological polar surface area (TPSA) is 85.5 Å². The summed E-state index contributed by atoms with van der Waals surface area (Å²) in [5, 5.41) is 15.8. The molecule has 0 unspecified atom stereocenters. The van der Waals surface area contributed by atoms with Crippen molar-refractivity contribution in [2.45, 2.75) is 22.9 Å². The average Bonchev–Trinajstić information content (AvgIpc) is 3.68. The standard InChI is InChI=1S/C31H35ClN8OS/c1-37-11-13-39(14-12-37)15-16-41-28-18-24-26(19-27(28)40-8-3-4-9-40)35-21-22(20-33)30(24)36-23-5-6-29(25(32)17-23)42-31-34-7-10-38(31)2/h5-7,10,17-19,21H,3-4,8-9,11-16H2,1-2H3,(H,35,36). The van der Waals surface area contributed by atoms with Gasteiger partial charge in [-0.15, -0.1) is 0 Å². The van der Waals surface area contributed by atoms with E-state index < -0.39 is 0 Å². The third-order valence-electron chi connectivity index (χ3n) is 7.96. The highest BCUT2D eigenvalue weighted by atomic mass is 35.5. The molecule has 4 aromatic rings. The van der Waals surface area contributed by atoms with Gasteiger partial charge in [0.25, 0.3) is 0 Å². The number of pyridine rings is 1. The van der Waals surface area contributed by atoms with Crippen molar-refractivity contribution in [2.24, 2.45) is 7.05 Å². The van der Waals surface area contributed by atoms with Crippen LogP contribution in [-0.2, 0) is 7.05 Å². The Bertz CT molecular complexity index is 1600. The number of aromatic nitrogens is 3. The lowest BCUT2D eigenvalue weighted by Gasteiger charge is -2.32. The molecule has 2 aliphatic heterocycles. The van der Waals surface area contributed by atoms with Gasteiger partial charge in [0.2, 0.25) is 0 Å². The van der Waals surface area contributed by atoms with E-state index in [0.29, 0.717) is 22.9 Å². The third-order valence-corrected chi connectivity index (χ3v) is 9.53. The fourth-order valence-electron chi connectivity index (χ4n) is 5.46. The molecule has 2 aliphatic rings. The number of imidazole rings is 1. The summed E-state index contributed by atoms with van der Waals surface area (Å²) in [7, 11) is 4.13. The Hall–Kier alpha value is -3.49. The summed E-state index contributed by atoms with van der Waals surface area (Å²) in [6, 6.07) is 12.3. The highest BCUT2D eigenvalue weighted by Crippen LogP contribution is 2.40. The van der Waals surface area contributed by atoms with Crippen molar-refractivity contribution in [1.82, 2.24) is 24.3 Å². The van der Waals surface area contributed by atoms with Gasteiger partial charge in [0.15, 0.2) is 5.16 Å². The van der Waals surface area contributed by atoms with Gasteiger partial charge in [0.1, 0.15) is 18.4 Å². The number of nitrogens with zero attached hydrogens (tertiary/aromatic N) is 7. The molecule has 0 bridgehead atoms. The fraction of sp³-hybridized carbons (Fsp3) is 0.387. The molecule has 0 aliphatic carbocycles. The molecule has 2 aromatic heterocycles. The minimum absolute atomic E-state index is 0.461. The van der Waals surface area contributed by atoms with E-state index in [4.69, 9.17) is 16.3 Å². The van der Waals surface area contributed by atoms with Gasteiger partial charge < -0.3 is 24.4 Å². The Morgan fingerprint density at radius 3 is 2.57 bits per heavy atom. The van der Waals surface area contributed by atoms with Crippen molar-refractivity contribution in [1.29, 1.82) is 5.26 Å². The number of likely N-dealkylation sites (N-methyl/N-ethyl adjacent to an activating group) is 1. The Morgan fingerprint density at radius 1 is 1.05 bits per heavy atom. The first-order valence-electron chi connectivity index (χ1n) is 14.4. The van der Waals surface area contributed by atoms with Gasteiger partial charge in [0.05, 0.1) is 27.5 Å². The lowest BCUT2D eigenvalue weighted by molar-refractivity contribution is 0.134. The predicted molar refractivity (Wildman–Crippen MR) is 169 cm³/mol. The van der Waals surface area contributed by atoms with E-state index in [1.807, 2.05) is 36.0 Å². The van der Waals surface area contributed by atoms with Gasteiger partial charge >= 0.3 is 0 Å². The van der Waals surface area contributed by atoms with E-state index in [9.17, 15) is 5.26 Å². The number of nitrogens with one attached hydrogen (secondary N) is 1. The first-order valence-corrected chi connectivity index (χ1v) is 15.5. The molecule has 0 radical (unpaired) electrons. The van der Waals surface area contributed by atoms with Gasteiger partial charge in [-0.05, 0) is 50.2 Å². The first kappa shape index (κ1) is 28.6. The zero-order valence-corrected chi connectivity index (χ0v) is 25.6. The Balaban J connectivity index is 1.29. The number of hydrogen-bond donors (Lipinski definition) is 1. The molecule has 4 heterocycles. The lowest BCUT2D eigenvalue weighted by atomic mass is 10.1. The van der Waals surface area contributed by atoms with Crippen molar-refractivity contribution >= 4 is 51.3 Å². The Labute approximate surface area is 256 Å². The van der Waals surface area contributed by atoms with Gasteiger partial charge in [-0.3, -0.25) is 9.88 Å². The van der Waals surface area contributed by atoms with Crippen LogP contribution in [-0.4, -0.2) is 83.8 Å². The summed E-state index contributed by atoms with van der Waals surface area (Å²) in [6.45, 7) is 7.77. The molecule has 0 atom stereocenters. The van der Waals surface area contributed by atoms with Crippen molar-refractivity contribution in [3.8, 4) is 11.8 Å². The van der Waals surface area contributed by atoms with Crippen molar-refractivity contribution in [3.05, 3.63) is 59.5 Å². The van der Waals surface area contributed by atoms with E-state index in [2.05, 4.69) is 55.2 Å². The SMILES string of the molecule is CN1CCN(CCOc2cc3c(Nc4ccc(Sc5nccn5C)c(Cl)c4)c(C#N)cnc3cc2N2CCCC2)CC1. The van der Waals surface area contributed by atoms with Gasteiger partial charge in [-0.25, -0.2) is 4.98 Å². The van der Waals surface area contributed by atoms with E-state index in [1.54, 1.807) is 12.4 Å². The van der Waals surface area contributed by atoms with E-state index in [-0.39, 0.29) is 0 Å². The number of nitriles is 1. The molecule has 1 N–H and O–H groups in total. The van der Waals surface area contributed by atoms with Crippen LogP contribution in [0.1, 0.15) is 18.4 Å². The first-order chi connectivity index (χ1) is 20.5. The smallest absolute Gasteiger partial charge is 0.172 e. The zero-order valence-electron chi connectivity index (χ0n) is 24.0. The molecule has 9 nitrogen and oxygen atoms in total. The summed E-state index contributed by atoms with van der Waals surface area (Å²) >= 11 is 8.21. The minimum atomic E-state index is 0.461. The number of benzene rings is 2. The van der Waals surface area contributed by atoms with Crippen molar-refractivity contribution in [3.63, 3.8) is 0 Å². The van der Waals surface area contributed by atoms with Crippen LogP contribution < -0.4 is 15.0 Å². The number of piperazine rings is 1. The van der Waals surface area contributed by atoms with Gasteiger partial charge in [-0.1, -0.05) is 23.4 Å². The quantitative estimate of drug-likeness (QED) is 0.262. The van der Waals surface area contributed by atoms with Crippen LogP contribution in [0.15, 0.2) is 59.0 Å². The molecule has 2 aromatic carbocycles. The van der Waals surface area contributed by atoms with Crippen LogP contribution >= 0.6 is 23.4 Å². The summed E-state index contributed by atoms with van der Waals surface area (Å²) < 4.78 is 8.45. The number of rotatable bonds is 9. The number of aryl methyl sites for hydroxylation is 1. The normalized spacial score (nSPS) is 16.2. The molecule has 0 saturated carbocycles. The van der Waals surface area contributed by atoms with Gasteiger partial charge in [0, 0.05) is 87.4 Å². The van der Waals surface area contributed by atoms with Crippen molar-refractivity contribution in [2.75, 3.05) is 69.7 Å². The van der Waals surface area contributed by atoms with Crippen LogP contribution in [0, 0.1) is 11.3 Å². The molecule has 0 spiro atoms. The largest absolute Gasteiger partial charge is 0.490 e. The van der Waals surface area contributed by atoms with Crippen LogP contribution in [0.25, 0.3) is 10.9 Å². The maximum atomic E-state index is 10.0. The molecular formula is C31H35ClN8OS. The molecule has 2 fully saturated rings. The fourth-order valence-corrected chi connectivity index (χ4v) is 6.56.